The lowest BCUT2D eigenvalue weighted by molar-refractivity contribution is 0.401. The van der Waals surface area contributed by atoms with Crippen LogP contribution in [0.2, 0.25) is 0 Å². The lowest BCUT2D eigenvalue weighted by atomic mass is 9.92. The van der Waals surface area contributed by atoms with Crippen LogP contribution in [-0.4, -0.2) is 33.2 Å². The van der Waals surface area contributed by atoms with Gasteiger partial charge in [0.05, 0.1) is 11.4 Å². The van der Waals surface area contributed by atoms with Crippen LogP contribution in [-0.2, 0) is 6.42 Å². The number of rotatable bonds is 7. The number of hydrogen-bond acceptors (Lipinski definition) is 5. The third-order valence-electron chi connectivity index (χ3n) is 5.40. The molecule has 0 spiro atoms. The van der Waals surface area contributed by atoms with Crippen molar-refractivity contribution in [1.29, 1.82) is 0 Å². The molecule has 1 aromatic heterocycles. The molecule has 2 aromatic rings. The number of H-pyrrole nitrogens is 1. The number of nitrogen functional groups attached to an aromatic ring is 1. The first kappa shape index (κ1) is 18.7. The maximum absolute atomic E-state index is 6.53. The number of nitrogens with zero attached hydrogens (tertiary/aromatic N) is 4. The highest BCUT2D eigenvalue weighted by Crippen LogP contribution is 2.34. The number of benzene rings is 1. The molecule has 0 aliphatic heterocycles. The van der Waals surface area contributed by atoms with Gasteiger partial charge >= 0.3 is 0 Å². The van der Waals surface area contributed by atoms with E-state index in [9.17, 15) is 0 Å². The molecule has 142 valence electrons. The largest absolute Gasteiger partial charge is 0.397 e. The van der Waals surface area contributed by atoms with Crippen LogP contribution in [0.1, 0.15) is 70.2 Å². The molecular formula is C20H32N6. The summed E-state index contributed by atoms with van der Waals surface area (Å²) in [5.41, 5.74) is 9.84. The van der Waals surface area contributed by atoms with Crippen LogP contribution >= 0.6 is 0 Å². The maximum atomic E-state index is 6.53. The Balaban J connectivity index is 1.79. The lowest BCUT2D eigenvalue weighted by Gasteiger charge is -2.38. The van der Waals surface area contributed by atoms with E-state index in [0.29, 0.717) is 17.9 Å². The van der Waals surface area contributed by atoms with Crippen LogP contribution in [0.15, 0.2) is 18.2 Å². The Kier molecular flexibility index (Phi) is 6.12. The van der Waals surface area contributed by atoms with E-state index in [4.69, 9.17) is 5.73 Å². The summed E-state index contributed by atoms with van der Waals surface area (Å²) >= 11 is 0. The maximum Gasteiger partial charge on any atom is 0.149 e. The molecule has 0 saturated heterocycles. The van der Waals surface area contributed by atoms with Crippen molar-refractivity contribution in [3.8, 4) is 0 Å². The fourth-order valence-corrected chi connectivity index (χ4v) is 4.04. The molecule has 1 saturated carbocycles. The molecule has 1 fully saturated rings. The monoisotopic (exact) mass is 356 g/mol. The first-order chi connectivity index (χ1) is 12.5. The van der Waals surface area contributed by atoms with Gasteiger partial charge in [-0.15, -0.1) is 5.10 Å². The van der Waals surface area contributed by atoms with Gasteiger partial charge in [0, 0.05) is 19.0 Å². The molecule has 1 aromatic carbocycles. The van der Waals surface area contributed by atoms with E-state index in [1.165, 1.54) is 43.4 Å². The smallest absolute Gasteiger partial charge is 0.149 e. The summed E-state index contributed by atoms with van der Waals surface area (Å²) in [6.07, 6.45) is 7.38. The summed E-state index contributed by atoms with van der Waals surface area (Å²) in [6.45, 7) is 7.82. The Morgan fingerprint density at radius 3 is 2.58 bits per heavy atom. The summed E-state index contributed by atoms with van der Waals surface area (Å²) in [4.78, 5) is 2.56. The fourth-order valence-electron chi connectivity index (χ4n) is 4.04. The predicted octanol–water partition coefficient (Wildman–Crippen LogP) is 3.92. The van der Waals surface area contributed by atoms with Crippen LogP contribution in [0, 0.1) is 5.92 Å². The molecular weight excluding hydrogens is 324 g/mol. The Bertz CT molecular complexity index is 676. The zero-order valence-corrected chi connectivity index (χ0v) is 16.3. The normalized spacial score (nSPS) is 16.8. The molecule has 0 radical (unpaired) electrons. The van der Waals surface area contributed by atoms with Crippen LogP contribution in [0.5, 0.6) is 0 Å². The van der Waals surface area contributed by atoms with E-state index in [-0.39, 0.29) is 0 Å². The van der Waals surface area contributed by atoms with Crippen molar-refractivity contribution in [2.24, 2.45) is 5.92 Å². The van der Waals surface area contributed by atoms with Crippen molar-refractivity contribution in [2.45, 2.75) is 71.3 Å². The zero-order chi connectivity index (χ0) is 18.5. The molecule has 3 rings (SSSR count). The standard InChI is InChI=1S/C20H32N6/c1-14(2)13-26(17-7-5-4-6-8-17)19-10-9-16(12-18(19)21)15(3)11-20-22-24-25-23-20/h9-10,12,14-15,17H,4-8,11,13,21H2,1-3H3,(H,22,23,24,25)/t15-/m1/s1. The summed E-state index contributed by atoms with van der Waals surface area (Å²) < 4.78 is 0. The second-order valence-corrected chi connectivity index (χ2v) is 8.11. The summed E-state index contributed by atoms with van der Waals surface area (Å²) in [7, 11) is 0. The molecule has 0 unspecified atom stereocenters. The van der Waals surface area contributed by atoms with Gasteiger partial charge < -0.3 is 10.6 Å². The predicted molar refractivity (Wildman–Crippen MR) is 106 cm³/mol. The van der Waals surface area contributed by atoms with Gasteiger partial charge in [-0.3, -0.25) is 0 Å². The molecule has 1 aliphatic carbocycles. The Labute approximate surface area is 156 Å². The average molecular weight is 357 g/mol. The molecule has 3 N–H and O–H groups in total. The summed E-state index contributed by atoms with van der Waals surface area (Å²) in [5.74, 6) is 1.74. The van der Waals surface area contributed by atoms with Gasteiger partial charge in [-0.2, -0.15) is 0 Å². The summed E-state index contributed by atoms with van der Waals surface area (Å²) in [6, 6.07) is 7.20. The first-order valence-corrected chi connectivity index (χ1v) is 9.93. The van der Waals surface area contributed by atoms with Gasteiger partial charge in [0.2, 0.25) is 0 Å². The van der Waals surface area contributed by atoms with Gasteiger partial charge in [-0.1, -0.05) is 46.1 Å². The van der Waals surface area contributed by atoms with Gasteiger partial charge in [0.1, 0.15) is 5.82 Å². The van der Waals surface area contributed by atoms with E-state index >= 15 is 0 Å². The van der Waals surface area contributed by atoms with Crippen LogP contribution in [0.3, 0.4) is 0 Å². The number of nitrogens with two attached hydrogens (primary N) is 1. The highest BCUT2D eigenvalue weighted by molar-refractivity contribution is 5.69. The third-order valence-corrected chi connectivity index (χ3v) is 5.40. The van der Waals surface area contributed by atoms with Crippen molar-refractivity contribution in [1.82, 2.24) is 20.6 Å². The fraction of sp³-hybridized carbons (Fsp3) is 0.650. The van der Waals surface area contributed by atoms with E-state index in [1.54, 1.807) is 0 Å². The van der Waals surface area contributed by atoms with Crippen LogP contribution in [0.4, 0.5) is 11.4 Å². The van der Waals surface area contributed by atoms with E-state index < -0.39 is 0 Å². The molecule has 1 atom stereocenters. The van der Waals surface area contributed by atoms with Crippen molar-refractivity contribution in [3.63, 3.8) is 0 Å². The van der Waals surface area contributed by atoms with Crippen molar-refractivity contribution >= 4 is 11.4 Å². The zero-order valence-electron chi connectivity index (χ0n) is 16.3. The third kappa shape index (κ3) is 4.54. The van der Waals surface area contributed by atoms with Gasteiger partial charge in [0.15, 0.2) is 0 Å². The molecule has 6 nitrogen and oxygen atoms in total. The molecule has 1 heterocycles. The van der Waals surface area contributed by atoms with Crippen LogP contribution in [0.25, 0.3) is 0 Å². The number of aromatic nitrogens is 4. The van der Waals surface area contributed by atoms with Crippen molar-refractivity contribution < 1.29 is 0 Å². The second kappa shape index (κ2) is 8.52. The van der Waals surface area contributed by atoms with E-state index in [1.807, 2.05) is 0 Å². The summed E-state index contributed by atoms with van der Waals surface area (Å²) in [5, 5.41) is 14.1. The Hall–Kier alpha value is -2.11. The molecule has 26 heavy (non-hydrogen) atoms. The molecule has 0 bridgehead atoms. The minimum absolute atomic E-state index is 0.314. The number of nitrogens with one attached hydrogen (secondary N) is 1. The first-order valence-electron chi connectivity index (χ1n) is 9.93. The number of anilines is 2. The molecule has 6 heteroatoms. The minimum Gasteiger partial charge on any atom is -0.397 e. The van der Waals surface area contributed by atoms with Crippen molar-refractivity contribution in [2.75, 3.05) is 17.2 Å². The molecule has 0 amide bonds. The van der Waals surface area contributed by atoms with Gasteiger partial charge in [-0.05, 0) is 52.8 Å². The quantitative estimate of drug-likeness (QED) is 0.735. The molecule has 1 aliphatic rings. The Morgan fingerprint density at radius 2 is 1.96 bits per heavy atom. The SMILES string of the molecule is CC(C)CN(c1ccc([C@H](C)Cc2nnn[nH]2)cc1N)C1CCCCC1. The Morgan fingerprint density at radius 1 is 1.19 bits per heavy atom. The number of hydrogen-bond donors (Lipinski definition) is 2. The topological polar surface area (TPSA) is 83.7 Å². The number of aromatic amines is 1. The minimum atomic E-state index is 0.314. The van der Waals surface area contributed by atoms with Crippen molar-refractivity contribution in [3.05, 3.63) is 29.6 Å². The van der Waals surface area contributed by atoms with Gasteiger partial charge in [-0.25, -0.2) is 5.10 Å². The van der Waals surface area contributed by atoms with E-state index in [0.717, 1.165) is 24.5 Å². The van der Waals surface area contributed by atoms with Crippen LogP contribution < -0.4 is 10.6 Å². The highest BCUT2D eigenvalue weighted by Gasteiger charge is 2.24. The second-order valence-electron chi connectivity index (χ2n) is 8.11. The van der Waals surface area contributed by atoms with Gasteiger partial charge in [0.25, 0.3) is 0 Å². The number of tetrazole rings is 1. The van der Waals surface area contributed by atoms with E-state index in [2.05, 4.69) is 64.5 Å². The lowest BCUT2D eigenvalue weighted by Crippen LogP contribution is -2.39. The average Bonchev–Trinajstić information content (AvgIpc) is 3.13. The highest BCUT2D eigenvalue weighted by atomic mass is 15.5.